The Balaban J connectivity index is 1.34. The van der Waals surface area contributed by atoms with E-state index in [9.17, 15) is 4.79 Å². The molecule has 4 aromatic rings. The lowest BCUT2D eigenvalue weighted by molar-refractivity contribution is 0.0955. The Morgan fingerprint density at radius 3 is 2.85 bits per heavy atom. The number of nitrogens with one attached hydrogen (secondary N) is 2. The Morgan fingerprint density at radius 1 is 1.15 bits per heavy atom. The first-order valence-corrected chi connectivity index (χ1v) is 9.24. The molecule has 2 N–H and O–H groups in total. The van der Waals surface area contributed by atoms with E-state index in [4.69, 9.17) is 0 Å². The fraction of sp³-hybridized carbons (Fsp3) is 0.167. The van der Waals surface area contributed by atoms with Crippen LogP contribution in [-0.4, -0.2) is 43.7 Å². The highest BCUT2D eigenvalue weighted by Gasteiger charge is 2.11. The highest BCUT2D eigenvalue weighted by Crippen LogP contribution is 2.21. The van der Waals surface area contributed by atoms with Crippen LogP contribution in [0.5, 0.6) is 0 Å². The van der Waals surface area contributed by atoms with E-state index in [1.54, 1.807) is 10.9 Å². The molecule has 0 bridgehead atoms. The van der Waals surface area contributed by atoms with Gasteiger partial charge >= 0.3 is 0 Å². The molecule has 9 heteroatoms. The molecular weight excluding hydrogens is 362 g/mol. The smallest absolute Gasteiger partial charge is 0.280 e. The number of thiazole rings is 1. The van der Waals surface area contributed by atoms with Gasteiger partial charge in [0.15, 0.2) is 10.8 Å². The van der Waals surface area contributed by atoms with Crippen LogP contribution in [0.2, 0.25) is 0 Å². The van der Waals surface area contributed by atoms with Crippen molar-refractivity contribution in [3.8, 4) is 5.82 Å². The fourth-order valence-electron chi connectivity index (χ4n) is 2.58. The molecule has 27 heavy (non-hydrogen) atoms. The van der Waals surface area contributed by atoms with Gasteiger partial charge in [-0.05, 0) is 25.1 Å². The molecule has 0 fully saturated rings. The van der Waals surface area contributed by atoms with Gasteiger partial charge in [0.2, 0.25) is 0 Å². The molecule has 0 saturated carbocycles. The molecule has 0 unspecified atom stereocenters. The summed E-state index contributed by atoms with van der Waals surface area (Å²) in [6.45, 7) is 2.81. The van der Waals surface area contributed by atoms with Gasteiger partial charge < -0.3 is 10.6 Å². The number of nitrogens with zero attached hydrogens (tertiary/aromatic N) is 5. The number of benzene rings is 1. The number of aromatic nitrogens is 5. The van der Waals surface area contributed by atoms with E-state index < -0.39 is 0 Å². The van der Waals surface area contributed by atoms with Gasteiger partial charge in [-0.3, -0.25) is 4.79 Å². The van der Waals surface area contributed by atoms with Crippen molar-refractivity contribution in [2.75, 3.05) is 18.4 Å². The molecule has 136 valence electrons. The minimum absolute atomic E-state index is 0.172. The lowest BCUT2D eigenvalue weighted by Crippen LogP contribution is -2.28. The Morgan fingerprint density at radius 2 is 2.04 bits per heavy atom. The van der Waals surface area contributed by atoms with E-state index in [1.807, 2.05) is 49.5 Å². The minimum atomic E-state index is -0.172. The third-order valence-electron chi connectivity index (χ3n) is 3.77. The van der Waals surface area contributed by atoms with E-state index in [0.29, 0.717) is 35.6 Å². The summed E-state index contributed by atoms with van der Waals surface area (Å²) in [5.74, 6) is 1.84. The Kier molecular flexibility index (Phi) is 4.75. The first-order valence-electron chi connectivity index (χ1n) is 8.42. The van der Waals surface area contributed by atoms with Crippen LogP contribution in [0, 0.1) is 6.92 Å². The largest absolute Gasteiger partial charge is 0.368 e. The number of amides is 1. The van der Waals surface area contributed by atoms with Crippen molar-refractivity contribution < 1.29 is 4.79 Å². The van der Waals surface area contributed by atoms with E-state index in [-0.39, 0.29) is 5.91 Å². The number of carbonyl (C=O) groups excluding carboxylic acids is 1. The van der Waals surface area contributed by atoms with Crippen molar-refractivity contribution in [2.45, 2.75) is 6.92 Å². The van der Waals surface area contributed by atoms with Crippen LogP contribution in [-0.2, 0) is 0 Å². The molecule has 4 rings (SSSR count). The molecule has 1 aromatic carbocycles. The molecular formula is C18H17N7OS. The Labute approximate surface area is 159 Å². The maximum Gasteiger partial charge on any atom is 0.280 e. The average molecular weight is 379 g/mol. The van der Waals surface area contributed by atoms with Crippen molar-refractivity contribution in [3.05, 3.63) is 59.6 Å². The quantitative estimate of drug-likeness (QED) is 0.499. The second kappa shape index (κ2) is 7.50. The molecule has 0 radical (unpaired) electrons. The Hall–Kier alpha value is -3.33. The van der Waals surface area contributed by atoms with Gasteiger partial charge in [-0.2, -0.15) is 5.10 Å². The molecule has 3 heterocycles. The topological polar surface area (TPSA) is 97.6 Å². The number of carbonyl (C=O) groups is 1. The van der Waals surface area contributed by atoms with E-state index in [0.717, 1.165) is 10.2 Å². The zero-order chi connectivity index (χ0) is 18.6. The number of para-hydroxylation sites is 1. The summed E-state index contributed by atoms with van der Waals surface area (Å²) in [5, 5.41) is 10.7. The van der Waals surface area contributed by atoms with E-state index >= 15 is 0 Å². The number of aryl methyl sites for hydroxylation is 1. The van der Waals surface area contributed by atoms with Crippen LogP contribution in [0.25, 0.3) is 16.0 Å². The summed E-state index contributed by atoms with van der Waals surface area (Å²) in [6.07, 6.45) is 3.52. The van der Waals surface area contributed by atoms with Crippen molar-refractivity contribution >= 4 is 33.3 Å². The Bertz CT molecular complexity index is 1040. The van der Waals surface area contributed by atoms with Crippen LogP contribution in [0.1, 0.15) is 15.6 Å². The van der Waals surface area contributed by atoms with Crippen molar-refractivity contribution in [3.63, 3.8) is 0 Å². The summed E-state index contributed by atoms with van der Waals surface area (Å²) in [7, 11) is 0. The minimum Gasteiger partial charge on any atom is -0.368 e. The number of fused-ring (bicyclic) bond motifs is 1. The average Bonchev–Trinajstić information content (AvgIpc) is 3.34. The normalized spacial score (nSPS) is 10.9. The van der Waals surface area contributed by atoms with Gasteiger partial charge in [0.25, 0.3) is 5.91 Å². The predicted octanol–water partition coefficient (Wildman–Crippen LogP) is 2.42. The maximum atomic E-state index is 12.3. The SMILES string of the molecule is Cc1nc(NCCNC(=O)c2nc3ccccc3s2)cc(-n2cccn2)n1. The molecule has 0 aliphatic rings. The van der Waals surface area contributed by atoms with Crippen molar-refractivity contribution in [1.82, 2.24) is 30.0 Å². The van der Waals surface area contributed by atoms with Gasteiger partial charge in [-0.25, -0.2) is 19.6 Å². The number of hydrogen-bond donors (Lipinski definition) is 2. The standard InChI is InChI=1S/C18H17N7OS/c1-12-22-15(11-16(23-12)25-10-4-7-21-25)19-8-9-20-17(26)18-24-13-5-2-3-6-14(13)27-18/h2-7,10-11H,8-9H2,1H3,(H,20,26)(H,19,22,23). The summed E-state index contributed by atoms with van der Waals surface area (Å²) >= 11 is 1.39. The zero-order valence-electron chi connectivity index (χ0n) is 14.6. The van der Waals surface area contributed by atoms with Gasteiger partial charge in [0, 0.05) is 31.5 Å². The molecule has 1 amide bonds. The molecule has 0 saturated heterocycles. The monoisotopic (exact) mass is 379 g/mol. The fourth-order valence-corrected chi connectivity index (χ4v) is 3.46. The second-order valence-corrected chi connectivity index (χ2v) is 6.81. The molecule has 0 aliphatic carbocycles. The third kappa shape index (κ3) is 3.93. The van der Waals surface area contributed by atoms with E-state index in [1.165, 1.54) is 11.3 Å². The number of anilines is 1. The number of hydrogen-bond acceptors (Lipinski definition) is 7. The molecule has 0 aliphatic heterocycles. The van der Waals surface area contributed by atoms with Crippen LogP contribution in [0.3, 0.4) is 0 Å². The van der Waals surface area contributed by atoms with Gasteiger partial charge in [0.1, 0.15) is 11.6 Å². The summed E-state index contributed by atoms with van der Waals surface area (Å²) in [5.41, 5.74) is 0.841. The van der Waals surface area contributed by atoms with Gasteiger partial charge in [-0.1, -0.05) is 12.1 Å². The van der Waals surface area contributed by atoms with Crippen molar-refractivity contribution in [2.24, 2.45) is 0 Å². The van der Waals surface area contributed by atoms with Crippen LogP contribution in [0.4, 0.5) is 5.82 Å². The lowest BCUT2D eigenvalue weighted by Gasteiger charge is -2.09. The zero-order valence-corrected chi connectivity index (χ0v) is 15.4. The predicted molar refractivity (Wildman–Crippen MR) is 104 cm³/mol. The highest BCUT2D eigenvalue weighted by molar-refractivity contribution is 7.20. The third-order valence-corrected chi connectivity index (χ3v) is 4.80. The highest BCUT2D eigenvalue weighted by atomic mass is 32.1. The number of rotatable bonds is 6. The molecule has 3 aromatic heterocycles. The molecule has 8 nitrogen and oxygen atoms in total. The lowest BCUT2D eigenvalue weighted by atomic mass is 10.3. The summed E-state index contributed by atoms with van der Waals surface area (Å²) < 4.78 is 2.68. The first-order chi connectivity index (χ1) is 13.2. The van der Waals surface area contributed by atoms with E-state index in [2.05, 4.69) is 30.7 Å². The van der Waals surface area contributed by atoms with Crippen LogP contribution in [0.15, 0.2) is 48.8 Å². The van der Waals surface area contributed by atoms with Gasteiger partial charge in [-0.15, -0.1) is 11.3 Å². The second-order valence-electron chi connectivity index (χ2n) is 5.78. The summed E-state index contributed by atoms with van der Waals surface area (Å²) in [6, 6.07) is 11.4. The summed E-state index contributed by atoms with van der Waals surface area (Å²) in [4.78, 5) is 25.3. The van der Waals surface area contributed by atoms with Crippen molar-refractivity contribution in [1.29, 1.82) is 0 Å². The maximum absolute atomic E-state index is 12.3. The van der Waals surface area contributed by atoms with Crippen LogP contribution >= 0.6 is 11.3 Å². The molecule has 0 atom stereocenters. The van der Waals surface area contributed by atoms with Gasteiger partial charge in [0.05, 0.1) is 10.2 Å². The molecule has 0 spiro atoms. The first kappa shape index (κ1) is 17.1. The van der Waals surface area contributed by atoms with Crippen LogP contribution < -0.4 is 10.6 Å².